The van der Waals surface area contributed by atoms with E-state index in [1.165, 1.54) is 0 Å². The summed E-state index contributed by atoms with van der Waals surface area (Å²) in [6.45, 7) is 6.36. The lowest BCUT2D eigenvalue weighted by Crippen LogP contribution is -2.16. The number of carbonyl (C=O) groups excluding carboxylic acids is 1. The number of rotatable bonds is 10. The summed E-state index contributed by atoms with van der Waals surface area (Å²) in [6, 6.07) is 15.0. The SMILES string of the molecule is CCOCCCn1c(NC(=O)c2cccc(OCc3csc(C)n3)c2)nc2ccccc21. The summed E-state index contributed by atoms with van der Waals surface area (Å²) in [5.41, 5.74) is 3.21. The Bertz CT molecular complexity index is 1200. The molecular weight excluding hydrogens is 424 g/mol. The number of hydrogen-bond acceptors (Lipinski definition) is 6. The molecule has 7 nitrogen and oxygen atoms in total. The minimum atomic E-state index is -0.235. The van der Waals surface area contributed by atoms with E-state index in [-0.39, 0.29) is 5.91 Å². The van der Waals surface area contributed by atoms with Crippen LogP contribution in [0, 0.1) is 6.92 Å². The van der Waals surface area contributed by atoms with E-state index in [4.69, 9.17) is 9.47 Å². The second kappa shape index (κ2) is 10.4. The van der Waals surface area contributed by atoms with Crippen LogP contribution in [0.15, 0.2) is 53.9 Å². The van der Waals surface area contributed by atoms with Crippen LogP contribution in [0.5, 0.6) is 5.75 Å². The van der Waals surface area contributed by atoms with E-state index in [1.807, 2.05) is 60.2 Å². The van der Waals surface area contributed by atoms with E-state index in [0.29, 0.717) is 43.6 Å². The zero-order valence-electron chi connectivity index (χ0n) is 18.2. The highest BCUT2D eigenvalue weighted by molar-refractivity contribution is 7.09. The Morgan fingerprint density at radius 3 is 2.84 bits per heavy atom. The summed E-state index contributed by atoms with van der Waals surface area (Å²) in [7, 11) is 0. The number of para-hydroxylation sites is 2. The summed E-state index contributed by atoms with van der Waals surface area (Å²) in [5, 5.41) is 5.94. The molecule has 2 heterocycles. The first-order valence-electron chi connectivity index (χ1n) is 10.6. The van der Waals surface area contributed by atoms with E-state index < -0.39 is 0 Å². The van der Waals surface area contributed by atoms with Crippen molar-refractivity contribution in [2.75, 3.05) is 18.5 Å². The summed E-state index contributed by atoms with van der Waals surface area (Å²) in [4.78, 5) is 22.0. The van der Waals surface area contributed by atoms with Crippen molar-refractivity contribution in [1.29, 1.82) is 0 Å². The van der Waals surface area contributed by atoms with Gasteiger partial charge in [0, 0.05) is 30.7 Å². The van der Waals surface area contributed by atoms with Crippen molar-refractivity contribution in [2.45, 2.75) is 33.4 Å². The fourth-order valence-corrected chi connectivity index (χ4v) is 4.00. The first kappa shape index (κ1) is 22.0. The molecule has 0 aliphatic heterocycles. The van der Waals surface area contributed by atoms with Crippen LogP contribution in [-0.2, 0) is 17.9 Å². The Hall–Kier alpha value is -3.23. The van der Waals surface area contributed by atoms with E-state index in [2.05, 4.69) is 15.3 Å². The number of aromatic nitrogens is 3. The minimum absolute atomic E-state index is 0.235. The largest absolute Gasteiger partial charge is 0.487 e. The van der Waals surface area contributed by atoms with Gasteiger partial charge in [-0.1, -0.05) is 18.2 Å². The molecule has 0 atom stereocenters. The molecule has 4 aromatic rings. The van der Waals surface area contributed by atoms with Crippen LogP contribution in [0.4, 0.5) is 5.95 Å². The van der Waals surface area contributed by atoms with Crippen LogP contribution in [0.3, 0.4) is 0 Å². The Kier molecular flexibility index (Phi) is 7.14. The summed E-state index contributed by atoms with van der Waals surface area (Å²) in [6.07, 6.45) is 0.830. The Morgan fingerprint density at radius 1 is 1.16 bits per heavy atom. The first-order valence-corrected chi connectivity index (χ1v) is 11.5. The van der Waals surface area contributed by atoms with Crippen molar-refractivity contribution in [3.63, 3.8) is 0 Å². The molecule has 4 rings (SSSR count). The molecule has 0 saturated heterocycles. The molecule has 0 bridgehead atoms. The molecule has 0 aliphatic carbocycles. The van der Waals surface area contributed by atoms with E-state index >= 15 is 0 Å². The number of nitrogens with zero attached hydrogens (tertiary/aromatic N) is 3. The van der Waals surface area contributed by atoms with Crippen LogP contribution in [0.1, 0.15) is 34.4 Å². The van der Waals surface area contributed by atoms with Crippen LogP contribution in [0.2, 0.25) is 0 Å². The van der Waals surface area contributed by atoms with E-state index in [0.717, 1.165) is 28.2 Å². The Balaban J connectivity index is 1.48. The predicted octanol–water partition coefficient (Wildman–Crippen LogP) is 5.06. The Labute approximate surface area is 191 Å². The quantitative estimate of drug-likeness (QED) is 0.342. The van der Waals surface area contributed by atoms with Gasteiger partial charge in [-0.2, -0.15) is 0 Å². The van der Waals surface area contributed by atoms with Gasteiger partial charge < -0.3 is 14.0 Å². The minimum Gasteiger partial charge on any atom is -0.487 e. The molecule has 0 spiro atoms. The molecule has 2 aromatic carbocycles. The smallest absolute Gasteiger partial charge is 0.258 e. The highest BCUT2D eigenvalue weighted by Crippen LogP contribution is 2.22. The van der Waals surface area contributed by atoms with Crippen molar-refractivity contribution in [3.8, 4) is 5.75 Å². The number of amides is 1. The van der Waals surface area contributed by atoms with Gasteiger partial charge in [-0.25, -0.2) is 9.97 Å². The van der Waals surface area contributed by atoms with Crippen molar-refractivity contribution in [1.82, 2.24) is 14.5 Å². The third kappa shape index (κ3) is 5.33. The van der Waals surface area contributed by atoms with Gasteiger partial charge in [-0.15, -0.1) is 11.3 Å². The third-order valence-corrected chi connectivity index (χ3v) is 5.73. The fourth-order valence-electron chi connectivity index (χ4n) is 3.40. The van der Waals surface area contributed by atoms with Crippen LogP contribution < -0.4 is 10.1 Å². The number of imidazole rings is 1. The second-order valence-electron chi connectivity index (χ2n) is 7.25. The predicted molar refractivity (Wildman–Crippen MR) is 126 cm³/mol. The monoisotopic (exact) mass is 450 g/mol. The van der Waals surface area contributed by atoms with Crippen molar-refractivity contribution in [3.05, 3.63) is 70.2 Å². The molecule has 1 amide bonds. The number of thiazole rings is 1. The van der Waals surface area contributed by atoms with E-state index in [1.54, 1.807) is 23.5 Å². The fraction of sp³-hybridized carbons (Fsp3) is 0.292. The lowest BCUT2D eigenvalue weighted by Gasteiger charge is -2.11. The topological polar surface area (TPSA) is 78.3 Å². The number of ether oxygens (including phenoxy) is 2. The van der Waals surface area contributed by atoms with Crippen molar-refractivity contribution < 1.29 is 14.3 Å². The first-order chi connectivity index (χ1) is 15.6. The number of aryl methyl sites for hydroxylation is 2. The summed E-state index contributed by atoms with van der Waals surface area (Å²) >= 11 is 1.59. The molecule has 0 fully saturated rings. The molecule has 0 aliphatic rings. The second-order valence-corrected chi connectivity index (χ2v) is 8.32. The van der Waals surface area contributed by atoms with Gasteiger partial charge in [0.05, 0.1) is 21.7 Å². The van der Waals surface area contributed by atoms with Gasteiger partial charge >= 0.3 is 0 Å². The van der Waals surface area contributed by atoms with E-state index in [9.17, 15) is 4.79 Å². The van der Waals surface area contributed by atoms with Crippen molar-refractivity contribution >= 4 is 34.2 Å². The third-order valence-electron chi connectivity index (χ3n) is 4.90. The summed E-state index contributed by atoms with van der Waals surface area (Å²) in [5.74, 6) is 0.909. The van der Waals surface area contributed by atoms with Crippen molar-refractivity contribution in [2.24, 2.45) is 0 Å². The molecule has 0 radical (unpaired) electrons. The maximum absolute atomic E-state index is 13.0. The lowest BCUT2D eigenvalue weighted by atomic mass is 10.2. The van der Waals surface area contributed by atoms with Gasteiger partial charge in [0.15, 0.2) is 0 Å². The average Bonchev–Trinajstić information content (AvgIpc) is 3.38. The number of fused-ring (bicyclic) bond motifs is 1. The molecule has 2 aromatic heterocycles. The van der Waals surface area contributed by atoms with Crippen LogP contribution in [0.25, 0.3) is 11.0 Å². The van der Waals surface area contributed by atoms with Gasteiger partial charge in [0.1, 0.15) is 12.4 Å². The number of nitrogens with one attached hydrogen (secondary N) is 1. The van der Waals surface area contributed by atoms with Crippen LogP contribution >= 0.6 is 11.3 Å². The average molecular weight is 451 g/mol. The lowest BCUT2D eigenvalue weighted by molar-refractivity contribution is 0.102. The van der Waals surface area contributed by atoms with Gasteiger partial charge in [-0.3, -0.25) is 10.1 Å². The van der Waals surface area contributed by atoms with Gasteiger partial charge in [-0.05, 0) is 50.6 Å². The molecule has 166 valence electrons. The molecule has 1 N–H and O–H groups in total. The van der Waals surface area contributed by atoms with Gasteiger partial charge in [0.25, 0.3) is 5.91 Å². The van der Waals surface area contributed by atoms with Gasteiger partial charge in [0.2, 0.25) is 5.95 Å². The number of benzene rings is 2. The highest BCUT2D eigenvalue weighted by atomic mass is 32.1. The number of carbonyl (C=O) groups is 1. The maximum atomic E-state index is 13.0. The zero-order valence-corrected chi connectivity index (χ0v) is 19.0. The summed E-state index contributed by atoms with van der Waals surface area (Å²) < 4.78 is 13.3. The zero-order chi connectivity index (χ0) is 22.3. The molecule has 0 unspecified atom stereocenters. The number of hydrogen-bond donors (Lipinski definition) is 1. The molecular formula is C24H26N4O3S. The molecule has 32 heavy (non-hydrogen) atoms. The molecule has 0 saturated carbocycles. The normalized spacial score (nSPS) is 11.1. The number of anilines is 1. The Morgan fingerprint density at radius 2 is 2.03 bits per heavy atom. The molecule has 8 heteroatoms. The van der Waals surface area contributed by atoms with Crippen LogP contribution in [-0.4, -0.2) is 33.7 Å². The highest BCUT2D eigenvalue weighted by Gasteiger charge is 2.15. The maximum Gasteiger partial charge on any atom is 0.258 e. The standard InChI is InChI=1S/C24H26N4O3S/c1-3-30-13-7-12-28-22-11-5-4-10-21(22)26-24(28)27-23(29)18-8-6-9-20(14-18)31-15-19-16-32-17(2)25-19/h4-6,8-11,14,16H,3,7,12-13,15H2,1-2H3,(H,26,27,29).